The van der Waals surface area contributed by atoms with Crippen molar-refractivity contribution >= 4 is 11.6 Å². The van der Waals surface area contributed by atoms with Gasteiger partial charge in [-0.25, -0.2) is 8.78 Å². The number of nitrogens with one attached hydrogen (secondary N) is 1. The lowest BCUT2D eigenvalue weighted by molar-refractivity contribution is 0.101. The number of phenolic OH excluding ortho intramolecular Hbond substituents is 1. The van der Waals surface area contributed by atoms with E-state index in [1.165, 1.54) is 6.07 Å². The zero-order chi connectivity index (χ0) is 18.0. The van der Waals surface area contributed by atoms with E-state index in [1.807, 2.05) is 6.92 Å². The van der Waals surface area contributed by atoms with Crippen LogP contribution in [0.4, 0.5) is 14.5 Å². The second kappa shape index (κ2) is 6.73. The minimum absolute atomic E-state index is 0.160. The molecule has 0 atom stereocenters. The third-order valence-electron chi connectivity index (χ3n) is 3.86. The molecule has 2 N–H and O–H groups in total. The van der Waals surface area contributed by atoms with E-state index in [9.17, 15) is 18.7 Å². The molecule has 0 bridgehead atoms. The number of anilines is 1. The number of halogens is 2. The van der Waals surface area contributed by atoms with Crippen molar-refractivity contribution in [2.45, 2.75) is 6.92 Å². The molecule has 0 saturated heterocycles. The number of aromatic hydroxyl groups is 1. The molecular formula is C20H15F2NO2. The number of hydrogen-bond acceptors (Lipinski definition) is 2. The van der Waals surface area contributed by atoms with Crippen molar-refractivity contribution in [1.82, 2.24) is 0 Å². The molecule has 0 aromatic heterocycles. The van der Waals surface area contributed by atoms with Crippen molar-refractivity contribution in [3.05, 3.63) is 83.4 Å². The number of carbonyl (C=O) groups is 1. The predicted octanol–water partition coefficient (Wildman–Crippen LogP) is 4.90. The Balaban J connectivity index is 1.84. The Morgan fingerprint density at radius 2 is 1.60 bits per heavy atom. The van der Waals surface area contributed by atoms with Crippen LogP contribution in [-0.2, 0) is 0 Å². The van der Waals surface area contributed by atoms with Gasteiger partial charge in [0.15, 0.2) is 0 Å². The maximum atomic E-state index is 13.6. The molecule has 5 heteroatoms. The first kappa shape index (κ1) is 16.6. The monoisotopic (exact) mass is 339 g/mol. The van der Waals surface area contributed by atoms with Gasteiger partial charge in [0.05, 0.1) is 0 Å². The molecule has 0 heterocycles. The maximum absolute atomic E-state index is 13.6. The number of hydrogen-bond donors (Lipinski definition) is 2. The van der Waals surface area contributed by atoms with E-state index >= 15 is 0 Å². The highest BCUT2D eigenvalue weighted by atomic mass is 19.1. The van der Waals surface area contributed by atoms with Crippen molar-refractivity contribution in [3.8, 4) is 16.9 Å². The standard InChI is InChI=1S/C20H15F2NO2/c1-12-5-10-15(24)11-16(12)13-6-8-14(9-7-13)23-20(25)19-17(21)3-2-4-18(19)22/h2-11,24H,1H3,(H,23,25). The number of amides is 1. The van der Waals surface area contributed by atoms with E-state index in [0.29, 0.717) is 5.69 Å². The van der Waals surface area contributed by atoms with E-state index in [2.05, 4.69) is 5.32 Å². The summed E-state index contributed by atoms with van der Waals surface area (Å²) in [7, 11) is 0. The van der Waals surface area contributed by atoms with E-state index in [4.69, 9.17) is 0 Å². The van der Waals surface area contributed by atoms with Crippen molar-refractivity contribution in [2.75, 3.05) is 5.32 Å². The lowest BCUT2D eigenvalue weighted by atomic mass is 10.00. The van der Waals surface area contributed by atoms with E-state index in [-0.39, 0.29) is 5.75 Å². The van der Waals surface area contributed by atoms with Gasteiger partial charge in [-0.1, -0.05) is 24.3 Å². The Morgan fingerprint density at radius 3 is 2.24 bits per heavy atom. The molecule has 126 valence electrons. The number of benzene rings is 3. The summed E-state index contributed by atoms with van der Waals surface area (Å²) in [6, 6.07) is 15.1. The Hall–Kier alpha value is -3.21. The lowest BCUT2D eigenvalue weighted by Gasteiger charge is -2.10. The summed E-state index contributed by atoms with van der Waals surface area (Å²) in [4.78, 5) is 12.1. The van der Waals surface area contributed by atoms with Crippen molar-refractivity contribution in [2.24, 2.45) is 0 Å². The SMILES string of the molecule is Cc1ccc(O)cc1-c1ccc(NC(=O)c2c(F)cccc2F)cc1. The summed E-state index contributed by atoms with van der Waals surface area (Å²) in [5.41, 5.74) is 2.49. The number of phenols is 1. The maximum Gasteiger partial charge on any atom is 0.261 e. The van der Waals surface area contributed by atoms with Gasteiger partial charge in [0.1, 0.15) is 22.9 Å². The smallest absolute Gasteiger partial charge is 0.261 e. The van der Waals surface area contributed by atoms with Crippen LogP contribution in [0, 0.1) is 18.6 Å². The minimum atomic E-state index is -0.912. The normalized spacial score (nSPS) is 10.5. The topological polar surface area (TPSA) is 49.3 Å². The van der Waals surface area contributed by atoms with Gasteiger partial charge >= 0.3 is 0 Å². The first-order chi connectivity index (χ1) is 12.0. The molecule has 3 nitrogen and oxygen atoms in total. The third-order valence-corrected chi connectivity index (χ3v) is 3.86. The molecule has 0 aliphatic rings. The molecule has 3 aromatic rings. The van der Waals surface area contributed by atoms with E-state index in [0.717, 1.165) is 28.8 Å². The zero-order valence-electron chi connectivity index (χ0n) is 13.4. The Morgan fingerprint density at radius 1 is 0.960 bits per heavy atom. The van der Waals surface area contributed by atoms with Gasteiger partial charge in [-0.05, 0) is 60.0 Å². The average Bonchev–Trinajstić information content (AvgIpc) is 2.58. The van der Waals surface area contributed by atoms with Crippen molar-refractivity contribution in [1.29, 1.82) is 0 Å². The van der Waals surface area contributed by atoms with Crippen LogP contribution in [0.2, 0.25) is 0 Å². The minimum Gasteiger partial charge on any atom is -0.508 e. The van der Waals surface area contributed by atoms with Gasteiger partial charge in [0.25, 0.3) is 5.91 Å². The molecule has 3 rings (SSSR count). The molecule has 0 fully saturated rings. The van der Waals surface area contributed by atoms with Gasteiger partial charge in [-0.2, -0.15) is 0 Å². The van der Waals surface area contributed by atoms with Gasteiger partial charge in [-0.3, -0.25) is 4.79 Å². The van der Waals surface area contributed by atoms with Crippen molar-refractivity contribution < 1.29 is 18.7 Å². The molecule has 0 unspecified atom stereocenters. The second-order valence-electron chi connectivity index (χ2n) is 5.63. The van der Waals surface area contributed by atoms with Crippen LogP contribution < -0.4 is 5.32 Å². The first-order valence-corrected chi connectivity index (χ1v) is 7.61. The summed E-state index contributed by atoms with van der Waals surface area (Å²) in [6.07, 6.45) is 0. The molecule has 3 aromatic carbocycles. The largest absolute Gasteiger partial charge is 0.508 e. The third kappa shape index (κ3) is 3.50. The van der Waals surface area contributed by atoms with E-state index < -0.39 is 23.1 Å². The van der Waals surface area contributed by atoms with Crippen LogP contribution in [0.25, 0.3) is 11.1 Å². The number of carbonyl (C=O) groups excluding carboxylic acids is 1. The number of aryl methyl sites for hydroxylation is 1. The molecule has 25 heavy (non-hydrogen) atoms. The van der Waals surface area contributed by atoms with Gasteiger partial charge in [0, 0.05) is 5.69 Å². The highest BCUT2D eigenvalue weighted by Crippen LogP contribution is 2.28. The molecule has 0 spiro atoms. The van der Waals surface area contributed by atoms with Crippen LogP contribution >= 0.6 is 0 Å². The Labute approximate surface area is 143 Å². The molecule has 0 aliphatic heterocycles. The van der Waals surface area contributed by atoms with E-state index in [1.54, 1.807) is 42.5 Å². The molecule has 1 amide bonds. The molecule has 0 radical (unpaired) electrons. The fraction of sp³-hybridized carbons (Fsp3) is 0.0500. The fourth-order valence-electron chi connectivity index (χ4n) is 2.56. The zero-order valence-corrected chi connectivity index (χ0v) is 13.4. The summed E-state index contributed by atoms with van der Waals surface area (Å²) >= 11 is 0. The van der Waals surface area contributed by atoms with Gasteiger partial charge < -0.3 is 10.4 Å². The van der Waals surface area contributed by atoms with Gasteiger partial charge in [-0.15, -0.1) is 0 Å². The highest BCUT2D eigenvalue weighted by Gasteiger charge is 2.17. The summed E-state index contributed by atoms with van der Waals surface area (Å²) < 4.78 is 27.3. The quantitative estimate of drug-likeness (QED) is 0.713. The highest BCUT2D eigenvalue weighted by molar-refractivity contribution is 6.04. The lowest BCUT2D eigenvalue weighted by Crippen LogP contribution is -2.15. The van der Waals surface area contributed by atoms with Crippen LogP contribution in [0.5, 0.6) is 5.75 Å². The van der Waals surface area contributed by atoms with Crippen LogP contribution in [0.3, 0.4) is 0 Å². The van der Waals surface area contributed by atoms with Crippen molar-refractivity contribution in [3.63, 3.8) is 0 Å². The summed E-state index contributed by atoms with van der Waals surface area (Å²) in [5.74, 6) is -2.51. The van der Waals surface area contributed by atoms with Crippen LogP contribution in [0.1, 0.15) is 15.9 Å². The molecular weight excluding hydrogens is 324 g/mol. The second-order valence-corrected chi connectivity index (χ2v) is 5.63. The van der Waals surface area contributed by atoms with Crippen LogP contribution in [-0.4, -0.2) is 11.0 Å². The predicted molar refractivity (Wildman–Crippen MR) is 92.6 cm³/mol. The number of rotatable bonds is 3. The average molecular weight is 339 g/mol. The molecule has 0 aliphatic carbocycles. The van der Waals surface area contributed by atoms with Crippen LogP contribution in [0.15, 0.2) is 60.7 Å². The Bertz CT molecular complexity index is 917. The summed E-state index contributed by atoms with van der Waals surface area (Å²) in [6.45, 7) is 1.92. The first-order valence-electron chi connectivity index (χ1n) is 7.61. The van der Waals surface area contributed by atoms with Gasteiger partial charge in [0.2, 0.25) is 0 Å². The Kier molecular flexibility index (Phi) is 4.48. The molecule has 0 saturated carbocycles. The summed E-state index contributed by atoms with van der Waals surface area (Å²) in [5, 5.41) is 12.1. The fourth-order valence-corrected chi connectivity index (χ4v) is 2.56.